The second-order valence-corrected chi connectivity index (χ2v) is 2.03. The first kappa shape index (κ1) is 7.35. The van der Waals surface area contributed by atoms with Crippen molar-refractivity contribution >= 4 is 5.97 Å². The predicted octanol–water partition coefficient (Wildman–Crippen LogP) is 0.444. The average molecular weight is 150 g/mol. The van der Waals surface area contributed by atoms with E-state index in [9.17, 15) is 4.79 Å². The predicted molar refractivity (Wildman–Crippen MR) is 36.8 cm³/mol. The molecule has 0 unspecified atom stereocenters. The number of nitrogens with zero attached hydrogens (tertiary/aromatic N) is 2. The van der Waals surface area contributed by atoms with E-state index in [2.05, 4.69) is 0 Å². The third kappa shape index (κ3) is 1.58. The van der Waals surface area contributed by atoms with Crippen molar-refractivity contribution in [3.8, 4) is 6.07 Å². The van der Waals surface area contributed by atoms with Gasteiger partial charge in [-0.25, -0.2) is 0 Å². The Morgan fingerprint density at radius 3 is 3.09 bits per heavy atom. The van der Waals surface area contributed by atoms with Gasteiger partial charge in [0.1, 0.15) is 18.3 Å². The van der Waals surface area contributed by atoms with E-state index >= 15 is 0 Å². The average Bonchev–Trinajstić information content (AvgIpc) is 2.34. The highest BCUT2D eigenvalue weighted by atomic mass is 16.4. The third-order valence-electron chi connectivity index (χ3n) is 1.25. The molecule has 0 fully saturated rings. The zero-order chi connectivity index (χ0) is 8.27. The van der Waals surface area contributed by atoms with Gasteiger partial charge < -0.3 is 9.67 Å². The molecule has 0 saturated heterocycles. The van der Waals surface area contributed by atoms with Crippen molar-refractivity contribution in [1.29, 1.82) is 5.26 Å². The molecule has 0 aliphatic heterocycles. The van der Waals surface area contributed by atoms with Gasteiger partial charge in [0.25, 0.3) is 0 Å². The smallest absolute Gasteiger partial charge is 0.323 e. The van der Waals surface area contributed by atoms with Crippen LogP contribution in [-0.2, 0) is 11.3 Å². The molecule has 0 aliphatic carbocycles. The summed E-state index contributed by atoms with van der Waals surface area (Å²) in [5.74, 6) is -0.947. The largest absolute Gasteiger partial charge is 0.480 e. The summed E-state index contributed by atoms with van der Waals surface area (Å²) in [4.78, 5) is 10.2. The van der Waals surface area contributed by atoms with Crippen molar-refractivity contribution in [3.63, 3.8) is 0 Å². The summed E-state index contributed by atoms with van der Waals surface area (Å²) < 4.78 is 1.38. The molecular formula is C7H6N2O2. The number of aromatic nitrogens is 1. The van der Waals surface area contributed by atoms with Crippen molar-refractivity contribution in [2.24, 2.45) is 0 Å². The number of aliphatic carboxylic acids is 1. The molecule has 11 heavy (non-hydrogen) atoms. The molecule has 0 radical (unpaired) electrons. The number of nitriles is 1. The standard InChI is InChI=1S/C7H6N2O2/c8-4-6-2-1-3-9(6)5-7(10)11/h1-3H,5H2,(H,10,11). The Morgan fingerprint density at radius 2 is 2.55 bits per heavy atom. The van der Waals surface area contributed by atoms with E-state index in [0.29, 0.717) is 5.69 Å². The minimum atomic E-state index is -0.947. The van der Waals surface area contributed by atoms with Gasteiger partial charge in [-0.1, -0.05) is 0 Å². The second kappa shape index (κ2) is 2.88. The first-order valence-corrected chi connectivity index (χ1v) is 3.01. The molecule has 0 aliphatic rings. The van der Waals surface area contributed by atoms with Crippen LogP contribution in [0.25, 0.3) is 0 Å². The fraction of sp³-hybridized carbons (Fsp3) is 0.143. The van der Waals surface area contributed by atoms with Crippen molar-refractivity contribution in [3.05, 3.63) is 24.0 Å². The van der Waals surface area contributed by atoms with E-state index in [1.54, 1.807) is 18.3 Å². The van der Waals surface area contributed by atoms with Gasteiger partial charge in [0.05, 0.1) is 0 Å². The van der Waals surface area contributed by atoms with E-state index in [-0.39, 0.29) is 6.54 Å². The zero-order valence-corrected chi connectivity index (χ0v) is 5.69. The van der Waals surface area contributed by atoms with Crippen molar-refractivity contribution in [2.45, 2.75) is 6.54 Å². The van der Waals surface area contributed by atoms with Crippen LogP contribution in [-0.4, -0.2) is 15.6 Å². The SMILES string of the molecule is N#Cc1cccn1CC(=O)O. The number of rotatable bonds is 2. The Bertz CT molecular complexity index is 308. The lowest BCUT2D eigenvalue weighted by molar-refractivity contribution is -0.137. The lowest BCUT2D eigenvalue weighted by atomic mass is 10.5. The first-order valence-electron chi connectivity index (χ1n) is 3.01. The molecule has 4 heteroatoms. The number of carboxylic acid groups (broad SMARTS) is 1. The van der Waals surface area contributed by atoms with E-state index in [0.717, 1.165) is 0 Å². The van der Waals surface area contributed by atoms with Crippen molar-refractivity contribution in [2.75, 3.05) is 0 Å². The molecule has 4 nitrogen and oxygen atoms in total. The summed E-state index contributed by atoms with van der Waals surface area (Å²) in [5, 5.41) is 16.8. The Labute approximate surface area is 63.3 Å². The molecule has 56 valence electrons. The summed E-state index contributed by atoms with van der Waals surface area (Å²) in [6, 6.07) is 5.09. The summed E-state index contributed by atoms with van der Waals surface area (Å²) >= 11 is 0. The molecule has 1 aromatic heterocycles. The molecule has 0 bridgehead atoms. The zero-order valence-electron chi connectivity index (χ0n) is 5.69. The Balaban J connectivity index is 2.87. The lowest BCUT2D eigenvalue weighted by Gasteiger charge is -1.97. The van der Waals surface area contributed by atoms with Gasteiger partial charge in [-0.2, -0.15) is 5.26 Å². The molecule has 0 aromatic carbocycles. The van der Waals surface area contributed by atoms with Gasteiger partial charge in [-0.15, -0.1) is 0 Å². The maximum absolute atomic E-state index is 10.2. The molecule has 0 saturated carbocycles. The molecule has 0 amide bonds. The van der Waals surface area contributed by atoms with Crippen LogP contribution in [0.2, 0.25) is 0 Å². The van der Waals surface area contributed by atoms with Crippen LogP contribution in [0.4, 0.5) is 0 Å². The van der Waals surface area contributed by atoms with Gasteiger partial charge >= 0.3 is 5.97 Å². The van der Waals surface area contributed by atoms with E-state index in [4.69, 9.17) is 10.4 Å². The van der Waals surface area contributed by atoms with Crippen LogP contribution in [0.1, 0.15) is 5.69 Å². The van der Waals surface area contributed by atoms with E-state index in [1.807, 2.05) is 6.07 Å². The Kier molecular flexibility index (Phi) is 1.93. The molecule has 0 spiro atoms. The summed E-state index contributed by atoms with van der Waals surface area (Å²) in [7, 11) is 0. The highest BCUT2D eigenvalue weighted by molar-refractivity contribution is 5.66. The minimum absolute atomic E-state index is 0.157. The van der Waals surface area contributed by atoms with Crippen LogP contribution in [0.3, 0.4) is 0 Å². The molecule has 1 aromatic rings. The van der Waals surface area contributed by atoms with Gasteiger partial charge in [0.15, 0.2) is 0 Å². The van der Waals surface area contributed by atoms with E-state index < -0.39 is 5.97 Å². The highest BCUT2D eigenvalue weighted by Gasteiger charge is 2.02. The molecule has 1 heterocycles. The maximum Gasteiger partial charge on any atom is 0.323 e. The molecule has 0 atom stereocenters. The summed E-state index contributed by atoms with van der Waals surface area (Å²) in [6.07, 6.45) is 1.56. The second-order valence-electron chi connectivity index (χ2n) is 2.03. The maximum atomic E-state index is 10.2. The highest BCUT2D eigenvalue weighted by Crippen LogP contribution is 1.99. The molecule has 1 N–H and O–H groups in total. The number of hydrogen-bond acceptors (Lipinski definition) is 2. The van der Waals surface area contributed by atoms with Crippen LogP contribution in [0.5, 0.6) is 0 Å². The van der Waals surface area contributed by atoms with Gasteiger partial charge in [-0.05, 0) is 12.1 Å². The van der Waals surface area contributed by atoms with E-state index in [1.165, 1.54) is 4.57 Å². The number of hydrogen-bond donors (Lipinski definition) is 1. The van der Waals surface area contributed by atoms with Crippen LogP contribution < -0.4 is 0 Å². The number of carbonyl (C=O) groups is 1. The fourth-order valence-corrected chi connectivity index (χ4v) is 0.799. The monoisotopic (exact) mass is 150 g/mol. The molecule has 1 rings (SSSR count). The first-order chi connectivity index (χ1) is 5.24. The lowest BCUT2D eigenvalue weighted by Crippen LogP contribution is -2.08. The normalized spacial score (nSPS) is 9.00. The van der Waals surface area contributed by atoms with Crippen molar-refractivity contribution < 1.29 is 9.90 Å². The minimum Gasteiger partial charge on any atom is -0.480 e. The fourth-order valence-electron chi connectivity index (χ4n) is 0.799. The summed E-state index contributed by atoms with van der Waals surface area (Å²) in [6.45, 7) is -0.157. The molecular weight excluding hydrogens is 144 g/mol. The Hall–Kier alpha value is -1.76. The topological polar surface area (TPSA) is 66.0 Å². The quantitative estimate of drug-likeness (QED) is 0.665. The van der Waals surface area contributed by atoms with Gasteiger partial charge in [0.2, 0.25) is 0 Å². The summed E-state index contributed by atoms with van der Waals surface area (Å²) in [5.41, 5.74) is 0.368. The van der Waals surface area contributed by atoms with Crippen molar-refractivity contribution in [1.82, 2.24) is 4.57 Å². The number of carboxylic acids is 1. The third-order valence-corrected chi connectivity index (χ3v) is 1.25. The van der Waals surface area contributed by atoms with Crippen LogP contribution in [0.15, 0.2) is 18.3 Å². The van der Waals surface area contributed by atoms with Crippen LogP contribution in [0, 0.1) is 11.3 Å². The van der Waals surface area contributed by atoms with Gasteiger partial charge in [-0.3, -0.25) is 4.79 Å². The van der Waals surface area contributed by atoms with Crippen LogP contribution >= 0.6 is 0 Å². The van der Waals surface area contributed by atoms with Gasteiger partial charge in [0, 0.05) is 6.20 Å². The Morgan fingerprint density at radius 1 is 1.82 bits per heavy atom.